The lowest BCUT2D eigenvalue weighted by molar-refractivity contribution is -0.107. The van der Waals surface area contributed by atoms with Crippen LogP contribution in [0.1, 0.15) is 26.7 Å². The largest absolute Gasteiger partial charge is 0.386 e. The number of carbonyl (C=O) groups excluding carboxylic acids is 1. The van der Waals surface area contributed by atoms with Crippen LogP contribution in [0.3, 0.4) is 0 Å². The topological polar surface area (TPSA) is 52.6 Å². The first-order valence-electron chi connectivity index (χ1n) is 5.29. The van der Waals surface area contributed by atoms with Gasteiger partial charge in [0.05, 0.1) is 13.1 Å². The van der Waals surface area contributed by atoms with Gasteiger partial charge in [0.25, 0.3) is 0 Å². The van der Waals surface area contributed by atoms with Crippen LogP contribution in [0, 0.1) is 5.92 Å². The highest BCUT2D eigenvalue weighted by atomic mass is 16.3. The van der Waals surface area contributed by atoms with Gasteiger partial charge in [0.15, 0.2) is 0 Å². The Morgan fingerprint density at radius 2 is 2.07 bits per heavy atom. The van der Waals surface area contributed by atoms with Crippen molar-refractivity contribution in [3.8, 4) is 0 Å². The van der Waals surface area contributed by atoms with E-state index in [0.29, 0.717) is 19.1 Å². The Hall–Kier alpha value is -0.770. The van der Waals surface area contributed by atoms with Crippen LogP contribution in [0.4, 0.5) is 4.79 Å². The number of carbonyl (C=O) groups is 1. The van der Waals surface area contributed by atoms with Crippen molar-refractivity contribution in [2.24, 2.45) is 5.92 Å². The maximum Gasteiger partial charge on any atom is 0.317 e. The molecule has 80 valence electrons. The molecule has 0 aromatic rings. The van der Waals surface area contributed by atoms with Crippen molar-refractivity contribution in [2.75, 3.05) is 13.1 Å². The Kier molecular flexibility index (Phi) is 2.18. The molecule has 1 saturated heterocycles. The van der Waals surface area contributed by atoms with Gasteiger partial charge in [-0.3, -0.25) is 0 Å². The van der Waals surface area contributed by atoms with Crippen LogP contribution in [0.25, 0.3) is 0 Å². The number of β-amino-alcohol motifs (C(OH)–C–C–N with tert-alkyl or cyclic N) is 1. The lowest BCUT2D eigenvalue weighted by Crippen LogP contribution is -2.67. The molecule has 1 heterocycles. The van der Waals surface area contributed by atoms with E-state index in [4.69, 9.17) is 0 Å². The van der Waals surface area contributed by atoms with E-state index in [2.05, 4.69) is 5.32 Å². The summed E-state index contributed by atoms with van der Waals surface area (Å²) in [5.41, 5.74) is -0.652. The van der Waals surface area contributed by atoms with E-state index in [1.807, 2.05) is 13.8 Å². The number of nitrogens with one attached hydrogen (secondary N) is 1. The van der Waals surface area contributed by atoms with Gasteiger partial charge in [0.2, 0.25) is 0 Å². The molecule has 0 unspecified atom stereocenters. The molecule has 1 aliphatic carbocycles. The van der Waals surface area contributed by atoms with Crippen molar-refractivity contribution in [3.63, 3.8) is 0 Å². The third-order valence-electron chi connectivity index (χ3n) is 3.20. The number of aliphatic hydroxyl groups is 1. The van der Waals surface area contributed by atoms with Gasteiger partial charge in [-0.25, -0.2) is 4.79 Å². The summed E-state index contributed by atoms with van der Waals surface area (Å²) in [6.07, 6.45) is 2.21. The highest BCUT2D eigenvalue weighted by molar-refractivity contribution is 5.76. The van der Waals surface area contributed by atoms with Crippen LogP contribution in [0.15, 0.2) is 0 Å². The summed E-state index contributed by atoms with van der Waals surface area (Å²) in [5, 5.41) is 12.8. The van der Waals surface area contributed by atoms with Gasteiger partial charge in [0.1, 0.15) is 5.60 Å². The minimum absolute atomic E-state index is 0.0159. The first-order chi connectivity index (χ1) is 6.51. The van der Waals surface area contributed by atoms with Crippen LogP contribution < -0.4 is 5.32 Å². The van der Waals surface area contributed by atoms with E-state index in [0.717, 1.165) is 12.8 Å². The van der Waals surface area contributed by atoms with Gasteiger partial charge < -0.3 is 15.3 Å². The fourth-order valence-corrected chi connectivity index (χ4v) is 1.62. The Morgan fingerprint density at radius 3 is 2.50 bits per heavy atom. The number of amides is 2. The molecular formula is C10H18N2O2. The number of hydrogen-bond acceptors (Lipinski definition) is 2. The summed E-state index contributed by atoms with van der Waals surface area (Å²) in [6.45, 7) is 4.92. The number of hydrogen-bond donors (Lipinski definition) is 2. The first kappa shape index (κ1) is 9.77. The molecule has 1 aliphatic heterocycles. The first-order valence-corrected chi connectivity index (χ1v) is 5.29. The summed E-state index contributed by atoms with van der Waals surface area (Å²) >= 11 is 0. The second kappa shape index (κ2) is 3.12. The van der Waals surface area contributed by atoms with Crippen molar-refractivity contribution in [2.45, 2.75) is 38.3 Å². The van der Waals surface area contributed by atoms with E-state index in [9.17, 15) is 9.90 Å². The molecule has 0 aromatic heterocycles. The standard InChI is InChI=1S/C10H18N2O2/c1-7(2)10(14)5-12(6-10)9(13)11-8-3-4-8/h7-8,14H,3-6H2,1-2H3,(H,11,13). The quantitative estimate of drug-likeness (QED) is 0.681. The molecule has 2 amide bonds. The number of urea groups is 1. The van der Waals surface area contributed by atoms with Crippen molar-refractivity contribution >= 4 is 6.03 Å². The lowest BCUT2D eigenvalue weighted by atomic mass is 9.83. The molecule has 0 bridgehead atoms. The molecular weight excluding hydrogens is 180 g/mol. The number of likely N-dealkylation sites (tertiary alicyclic amines) is 1. The zero-order valence-corrected chi connectivity index (χ0v) is 8.79. The maximum atomic E-state index is 11.5. The summed E-state index contributed by atoms with van der Waals surface area (Å²) < 4.78 is 0. The predicted octanol–water partition coefficient (Wildman–Crippen LogP) is 0.561. The van der Waals surface area contributed by atoms with Crippen molar-refractivity contribution in [3.05, 3.63) is 0 Å². The van der Waals surface area contributed by atoms with Gasteiger partial charge in [-0.05, 0) is 18.8 Å². The van der Waals surface area contributed by atoms with Crippen molar-refractivity contribution < 1.29 is 9.90 Å². The molecule has 0 radical (unpaired) electrons. The molecule has 1 saturated carbocycles. The minimum Gasteiger partial charge on any atom is -0.386 e. The average Bonchev–Trinajstić information content (AvgIpc) is 2.81. The summed E-state index contributed by atoms with van der Waals surface area (Å²) in [5.74, 6) is 0.215. The zero-order valence-electron chi connectivity index (χ0n) is 8.79. The van der Waals surface area contributed by atoms with Crippen molar-refractivity contribution in [1.29, 1.82) is 0 Å². The molecule has 4 nitrogen and oxygen atoms in total. The number of nitrogens with zero attached hydrogens (tertiary/aromatic N) is 1. The smallest absolute Gasteiger partial charge is 0.317 e. The highest BCUT2D eigenvalue weighted by Gasteiger charge is 2.46. The molecule has 0 spiro atoms. The molecule has 2 rings (SSSR count). The van der Waals surface area contributed by atoms with Crippen molar-refractivity contribution in [1.82, 2.24) is 10.2 Å². The molecule has 4 heteroatoms. The average molecular weight is 198 g/mol. The Bertz CT molecular complexity index is 243. The van der Waals surface area contributed by atoms with E-state index in [-0.39, 0.29) is 11.9 Å². The molecule has 0 atom stereocenters. The third kappa shape index (κ3) is 1.71. The Morgan fingerprint density at radius 1 is 1.50 bits per heavy atom. The van der Waals surface area contributed by atoms with Crippen LogP contribution >= 0.6 is 0 Å². The summed E-state index contributed by atoms with van der Waals surface area (Å²) in [4.78, 5) is 13.2. The fraction of sp³-hybridized carbons (Fsp3) is 0.900. The van der Waals surface area contributed by atoms with Crippen LogP contribution in [0.5, 0.6) is 0 Å². The lowest BCUT2D eigenvalue weighted by Gasteiger charge is -2.48. The summed E-state index contributed by atoms with van der Waals surface area (Å²) in [7, 11) is 0. The van der Waals surface area contributed by atoms with Gasteiger partial charge >= 0.3 is 6.03 Å². The zero-order chi connectivity index (χ0) is 10.3. The van der Waals surface area contributed by atoms with E-state index in [1.54, 1.807) is 4.90 Å². The molecule has 0 aromatic carbocycles. The van der Waals surface area contributed by atoms with Gasteiger partial charge in [-0.2, -0.15) is 0 Å². The second-order valence-corrected chi connectivity index (χ2v) is 4.84. The van der Waals surface area contributed by atoms with Crippen LogP contribution in [-0.4, -0.2) is 40.8 Å². The number of rotatable bonds is 2. The Labute approximate surface area is 84.3 Å². The van der Waals surface area contributed by atoms with E-state index in [1.165, 1.54) is 0 Å². The normalized spacial score (nSPS) is 24.7. The minimum atomic E-state index is -0.652. The fourth-order valence-electron chi connectivity index (χ4n) is 1.62. The van der Waals surface area contributed by atoms with Gasteiger partial charge in [0, 0.05) is 6.04 Å². The van der Waals surface area contributed by atoms with Gasteiger partial charge in [-0.1, -0.05) is 13.8 Å². The van der Waals surface area contributed by atoms with Crippen LogP contribution in [0.2, 0.25) is 0 Å². The highest BCUT2D eigenvalue weighted by Crippen LogP contribution is 2.29. The van der Waals surface area contributed by atoms with E-state index >= 15 is 0 Å². The monoisotopic (exact) mass is 198 g/mol. The molecule has 2 fully saturated rings. The summed E-state index contributed by atoms with van der Waals surface area (Å²) in [6, 6.07) is 0.382. The third-order valence-corrected chi connectivity index (χ3v) is 3.20. The van der Waals surface area contributed by atoms with Crippen LogP contribution in [-0.2, 0) is 0 Å². The van der Waals surface area contributed by atoms with Gasteiger partial charge in [-0.15, -0.1) is 0 Å². The predicted molar refractivity (Wildman–Crippen MR) is 52.9 cm³/mol. The molecule has 2 aliphatic rings. The molecule has 2 N–H and O–H groups in total. The maximum absolute atomic E-state index is 11.5. The second-order valence-electron chi connectivity index (χ2n) is 4.84. The SMILES string of the molecule is CC(C)C1(O)CN(C(=O)NC2CC2)C1. The van der Waals surface area contributed by atoms with E-state index < -0.39 is 5.60 Å². The Balaban J connectivity index is 1.78. The molecule has 14 heavy (non-hydrogen) atoms.